The fourth-order valence-electron chi connectivity index (χ4n) is 5.07. The van der Waals surface area contributed by atoms with Gasteiger partial charge in [0.05, 0.1) is 11.9 Å². The minimum atomic E-state index is -1.26. The van der Waals surface area contributed by atoms with Crippen LogP contribution >= 0.6 is 0 Å². The SMILES string of the molecule is CC(C)(C)OC(=O)N1CCN(c2ccc(Nc3ncc4cc(C(=O)O)c(=O)n(C5CCCC5)c4n3)nc2)CC1. The third kappa shape index (κ3) is 5.79. The zero-order valence-corrected chi connectivity index (χ0v) is 22.4. The summed E-state index contributed by atoms with van der Waals surface area (Å²) in [6.45, 7) is 8.02. The molecule has 2 fully saturated rings. The number of carbonyl (C=O) groups is 2. The van der Waals surface area contributed by atoms with Crippen molar-refractivity contribution in [3.05, 3.63) is 46.5 Å². The lowest BCUT2D eigenvalue weighted by atomic mass is 10.1. The Labute approximate surface area is 225 Å². The van der Waals surface area contributed by atoms with E-state index in [-0.39, 0.29) is 23.6 Å². The van der Waals surface area contributed by atoms with E-state index in [0.717, 1.165) is 31.4 Å². The predicted molar refractivity (Wildman–Crippen MR) is 146 cm³/mol. The van der Waals surface area contributed by atoms with E-state index < -0.39 is 17.1 Å². The van der Waals surface area contributed by atoms with Gasteiger partial charge in [-0.15, -0.1) is 0 Å². The number of piperazine rings is 1. The lowest BCUT2D eigenvalue weighted by Crippen LogP contribution is -2.50. The molecule has 0 spiro atoms. The van der Waals surface area contributed by atoms with E-state index >= 15 is 0 Å². The van der Waals surface area contributed by atoms with Crippen molar-refractivity contribution in [3.63, 3.8) is 0 Å². The van der Waals surface area contributed by atoms with Crippen LogP contribution in [-0.2, 0) is 4.74 Å². The molecular weight excluding hydrogens is 502 g/mol. The Bertz CT molecular complexity index is 1430. The van der Waals surface area contributed by atoms with Crippen molar-refractivity contribution in [2.45, 2.75) is 58.1 Å². The Hall–Kier alpha value is -4.22. The van der Waals surface area contributed by atoms with Crippen molar-refractivity contribution in [1.29, 1.82) is 0 Å². The number of aromatic nitrogens is 4. The molecule has 12 heteroatoms. The van der Waals surface area contributed by atoms with E-state index in [9.17, 15) is 19.5 Å². The van der Waals surface area contributed by atoms with Crippen LogP contribution in [0.1, 0.15) is 62.9 Å². The highest BCUT2D eigenvalue weighted by molar-refractivity contribution is 5.91. The van der Waals surface area contributed by atoms with Gasteiger partial charge in [-0.2, -0.15) is 4.98 Å². The van der Waals surface area contributed by atoms with Gasteiger partial charge in [0, 0.05) is 43.8 Å². The fourth-order valence-corrected chi connectivity index (χ4v) is 5.07. The number of ether oxygens (including phenoxy) is 1. The first-order valence-corrected chi connectivity index (χ1v) is 13.2. The second-order valence-electron chi connectivity index (χ2n) is 10.9. The summed E-state index contributed by atoms with van der Waals surface area (Å²) >= 11 is 0. The minimum Gasteiger partial charge on any atom is -0.477 e. The van der Waals surface area contributed by atoms with Gasteiger partial charge in [-0.25, -0.2) is 19.6 Å². The van der Waals surface area contributed by atoms with Crippen LogP contribution in [0.3, 0.4) is 0 Å². The fraction of sp³-hybridized carbons (Fsp3) is 0.481. The number of pyridine rings is 2. The van der Waals surface area contributed by atoms with Crippen LogP contribution in [0.15, 0.2) is 35.4 Å². The van der Waals surface area contributed by atoms with Crippen LogP contribution in [0.5, 0.6) is 0 Å². The molecule has 1 aliphatic heterocycles. The number of hydrogen-bond donors (Lipinski definition) is 2. The van der Waals surface area contributed by atoms with E-state index in [0.29, 0.717) is 43.0 Å². The van der Waals surface area contributed by atoms with Crippen LogP contribution in [0, 0.1) is 0 Å². The van der Waals surface area contributed by atoms with Gasteiger partial charge in [-0.3, -0.25) is 9.36 Å². The topological polar surface area (TPSA) is 143 Å². The Balaban J connectivity index is 1.30. The standard InChI is InChI=1S/C27H33N7O5/c1-27(2,3)39-26(38)33-12-10-32(11-13-33)19-8-9-21(28-16-19)30-25-29-15-17-14-20(24(36)37)23(35)34(22(17)31-25)18-6-4-5-7-18/h8-9,14-16,18H,4-7,10-13H2,1-3H3,(H,36,37)(H,28,29,30,31). The van der Waals surface area contributed by atoms with E-state index in [1.54, 1.807) is 11.1 Å². The molecule has 3 aromatic heterocycles. The lowest BCUT2D eigenvalue weighted by Gasteiger charge is -2.36. The van der Waals surface area contributed by atoms with Crippen LogP contribution in [0.4, 0.5) is 22.2 Å². The summed E-state index contributed by atoms with van der Waals surface area (Å²) in [4.78, 5) is 54.3. The summed E-state index contributed by atoms with van der Waals surface area (Å²) < 4.78 is 6.99. The van der Waals surface area contributed by atoms with E-state index in [4.69, 9.17) is 4.74 Å². The number of anilines is 3. The molecule has 3 aromatic rings. The Kier molecular flexibility index (Phi) is 7.11. The third-order valence-electron chi connectivity index (χ3n) is 6.98. The Morgan fingerprint density at radius 1 is 1.05 bits per heavy atom. The van der Waals surface area contributed by atoms with Gasteiger partial charge in [0.2, 0.25) is 5.95 Å². The summed E-state index contributed by atoms with van der Waals surface area (Å²) in [5.41, 5.74) is 0.00296. The molecule has 0 unspecified atom stereocenters. The summed E-state index contributed by atoms with van der Waals surface area (Å²) in [6, 6.07) is 5.01. The molecular formula is C27H33N7O5. The monoisotopic (exact) mass is 535 g/mol. The van der Waals surface area contributed by atoms with Crippen molar-refractivity contribution in [2.75, 3.05) is 36.4 Å². The molecule has 1 saturated carbocycles. The zero-order valence-electron chi connectivity index (χ0n) is 22.4. The maximum atomic E-state index is 13.0. The van der Waals surface area contributed by atoms with Crippen LogP contribution in [0.2, 0.25) is 0 Å². The molecule has 1 aliphatic carbocycles. The highest BCUT2D eigenvalue weighted by Crippen LogP contribution is 2.31. The molecule has 1 amide bonds. The average Bonchev–Trinajstić information content (AvgIpc) is 3.42. The van der Waals surface area contributed by atoms with Crippen LogP contribution in [-0.4, -0.2) is 73.4 Å². The molecule has 12 nitrogen and oxygen atoms in total. The maximum Gasteiger partial charge on any atom is 0.410 e. The normalized spacial score (nSPS) is 16.5. The number of carbonyl (C=O) groups excluding carboxylic acids is 1. The average molecular weight is 536 g/mol. The van der Waals surface area contributed by atoms with E-state index in [1.165, 1.54) is 16.8 Å². The molecule has 39 heavy (non-hydrogen) atoms. The van der Waals surface area contributed by atoms with E-state index in [1.807, 2.05) is 32.9 Å². The summed E-state index contributed by atoms with van der Waals surface area (Å²) in [5, 5.41) is 13.1. The molecule has 2 aliphatic rings. The highest BCUT2D eigenvalue weighted by atomic mass is 16.6. The number of fused-ring (bicyclic) bond motifs is 1. The third-order valence-corrected chi connectivity index (χ3v) is 6.98. The molecule has 0 atom stereocenters. The predicted octanol–water partition coefficient (Wildman–Crippen LogP) is 3.80. The number of nitrogens with one attached hydrogen (secondary N) is 1. The molecule has 0 bridgehead atoms. The molecule has 4 heterocycles. The number of carboxylic acids is 1. The van der Waals surface area contributed by atoms with E-state index in [2.05, 4.69) is 25.2 Å². The van der Waals surface area contributed by atoms with Gasteiger partial charge in [0.15, 0.2) is 0 Å². The largest absolute Gasteiger partial charge is 0.477 e. The highest BCUT2D eigenvalue weighted by Gasteiger charge is 2.27. The zero-order chi connectivity index (χ0) is 27.7. The summed E-state index contributed by atoms with van der Waals surface area (Å²) in [6.07, 6.45) is 6.56. The second-order valence-corrected chi connectivity index (χ2v) is 10.9. The van der Waals surface area contributed by atoms with Crippen molar-refractivity contribution in [3.8, 4) is 0 Å². The second kappa shape index (κ2) is 10.5. The molecule has 5 rings (SSSR count). The van der Waals surface area contributed by atoms with Crippen molar-refractivity contribution in [2.24, 2.45) is 0 Å². The maximum absolute atomic E-state index is 13.0. The van der Waals surface area contributed by atoms with Gasteiger partial charge in [-0.1, -0.05) is 12.8 Å². The van der Waals surface area contributed by atoms with Crippen molar-refractivity contribution < 1.29 is 19.4 Å². The van der Waals surface area contributed by atoms with Gasteiger partial charge in [0.1, 0.15) is 22.6 Å². The molecule has 0 radical (unpaired) electrons. The minimum absolute atomic E-state index is 0.0877. The van der Waals surface area contributed by atoms with Gasteiger partial charge in [-0.05, 0) is 51.8 Å². The molecule has 2 N–H and O–H groups in total. The molecule has 0 aromatic carbocycles. The lowest BCUT2D eigenvalue weighted by molar-refractivity contribution is 0.0240. The quantitative estimate of drug-likeness (QED) is 0.495. The molecule has 1 saturated heterocycles. The number of hydrogen-bond acceptors (Lipinski definition) is 9. The first kappa shape index (κ1) is 26.4. The van der Waals surface area contributed by atoms with Gasteiger partial charge in [0.25, 0.3) is 5.56 Å². The van der Waals surface area contributed by atoms with Gasteiger partial charge >= 0.3 is 12.1 Å². The van der Waals surface area contributed by atoms with Crippen LogP contribution in [0.25, 0.3) is 11.0 Å². The van der Waals surface area contributed by atoms with Crippen molar-refractivity contribution in [1.82, 2.24) is 24.4 Å². The number of amides is 1. The first-order chi connectivity index (χ1) is 18.6. The van der Waals surface area contributed by atoms with Gasteiger partial charge < -0.3 is 25.0 Å². The number of rotatable bonds is 5. The summed E-state index contributed by atoms with van der Waals surface area (Å²) in [5.74, 6) is -0.461. The Morgan fingerprint density at radius 2 is 1.77 bits per heavy atom. The first-order valence-electron chi connectivity index (χ1n) is 13.2. The number of nitrogens with zero attached hydrogens (tertiary/aromatic N) is 6. The number of aromatic carboxylic acids is 1. The Morgan fingerprint density at radius 3 is 2.38 bits per heavy atom. The van der Waals surface area contributed by atoms with Crippen molar-refractivity contribution >= 4 is 40.5 Å². The summed E-state index contributed by atoms with van der Waals surface area (Å²) in [7, 11) is 0. The number of carboxylic acid groups (broad SMARTS) is 1. The molecule has 206 valence electrons. The smallest absolute Gasteiger partial charge is 0.410 e. The van der Waals surface area contributed by atoms with Crippen LogP contribution < -0.4 is 15.8 Å².